The van der Waals surface area contributed by atoms with Crippen LogP contribution < -0.4 is 5.56 Å². The summed E-state index contributed by atoms with van der Waals surface area (Å²) in [7, 11) is 0. The van der Waals surface area contributed by atoms with Crippen LogP contribution in [0.5, 0.6) is 0 Å². The van der Waals surface area contributed by atoms with Gasteiger partial charge in [-0.25, -0.2) is 0 Å². The number of nitriles is 1. The van der Waals surface area contributed by atoms with E-state index in [0.29, 0.717) is 6.07 Å². The Balaban J connectivity index is 0.000000921. The molecule has 1 rings (SSSR count). The van der Waals surface area contributed by atoms with Gasteiger partial charge < -0.3 is 4.98 Å². The first-order chi connectivity index (χ1) is 6.95. The van der Waals surface area contributed by atoms with Gasteiger partial charge in [-0.2, -0.15) is 18.4 Å². The summed E-state index contributed by atoms with van der Waals surface area (Å²) in [4.78, 5) is 12.3. The second-order valence-corrected chi connectivity index (χ2v) is 2.22. The lowest BCUT2D eigenvalue weighted by molar-refractivity contribution is -0.141. The number of aromatic amines is 1. The lowest BCUT2D eigenvalue weighted by Crippen LogP contribution is -2.17. The molecule has 0 atom stereocenters. The fourth-order valence-electron chi connectivity index (χ4n) is 0.727. The Bertz CT molecular complexity index is 415. The zero-order valence-corrected chi connectivity index (χ0v) is 8.14. The fourth-order valence-corrected chi connectivity index (χ4v) is 0.727. The maximum Gasteiger partial charge on any atom is 0.431 e. The Morgan fingerprint density at radius 2 is 1.87 bits per heavy atom. The highest BCUT2D eigenvalue weighted by Crippen LogP contribution is 2.26. The molecule has 1 N–H and O–H groups in total. The van der Waals surface area contributed by atoms with E-state index in [-0.39, 0.29) is 5.56 Å². The molecular formula is C9H9F3N2O. The van der Waals surface area contributed by atoms with Crippen molar-refractivity contribution in [1.29, 1.82) is 5.26 Å². The summed E-state index contributed by atoms with van der Waals surface area (Å²) in [6.45, 7) is 4.00. The fraction of sp³-hybridized carbons (Fsp3) is 0.333. The number of hydrogen-bond donors (Lipinski definition) is 1. The summed E-state index contributed by atoms with van der Waals surface area (Å²) in [6, 6.07) is 2.95. The molecule has 0 unspecified atom stereocenters. The SMILES string of the molecule is CC.N#Cc1ccc(C(F)(F)F)[nH]c1=O. The van der Waals surface area contributed by atoms with E-state index in [1.165, 1.54) is 6.07 Å². The van der Waals surface area contributed by atoms with E-state index < -0.39 is 17.4 Å². The molecule has 0 aliphatic heterocycles. The van der Waals surface area contributed by atoms with Crippen LogP contribution in [-0.4, -0.2) is 4.98 Å². The molecule has 0 radical (unpaired) electrons. The van der Waals surface area contributed by atoms with E-state index in [9.17, 15) is 18.0 Å². The highest BCUT2D eigenvalue weighted by molar-refractivity contribution is 5.27. The number of aromatic nitrogens is 1. The first kappa shape index (κ1) is 13.2. The normalized spacial score (nSPS) is 9.87. The lowest BCUT2D eigenvalue weighted by Gasteiger charge is -2.04. The molecule has 0 fully saturated rings. The summed E-state index contributed by atoms with van der Waals surface area (Å²) >= 11 is 0. The van der Waals surface area contributed by atoms with Crippen LogP contribution >= 0.6 is 0 Å². The number of halogens is 3. The predicted molar refractivity (Wildman–Crippen MR) is 48.1 cm³/mol. The maximum absolute atomic E-state index is 12.0. The van der Waals surface area contributed by atoms with Crippen LogP contribution in [0.25, 0.3) is 0 Å². The van der Waals surface area contributed by atoms with E-state index in [1.54, 1.807) is 4.98 Å². The van der Waals surface area contributed by atoms with Crippen LogP contribution in [0.2, 0.25) is 0 Å². The summed E-state index contributed by atoms with van der Waals surface area (Å²) < 4.78 is 35.9. The summed E-state index contributed by atoms with van der Waals surface area (Å²) in [6.07, 6.45) is -4.59. The molecule has 15 heavy (non-hydrogen) atoms. The van der Waals surface area contributed by atoms with Crippen molar-refractivity contribution in [3.63, 3.8) is 0 Å². The van der Waals surface area contributed by atoms with E-state index in [4.69, 9.17) is 5.26 Å². The van der Waals surface area contributed by atoms with Crippen LogP contribution in [0.3, 0.4) is 0 Å². The highest BCUT2D eigenvalue weighted by atomic mass is 19.4. The van der Waals surface area contributed by atoms with Crippen LogP contribution in [0, 0.1) is 11.3 Å². The first-order valence-corrected chi connectivity index (χ1v) is 4.16. The molecule has 1 heterocycles. The Hall–Kier alpha value is -1.77. The average Bonchev–Trinajstić information content (AvgIpc) is 2.19. The molecule has 0 spiro atoms. The third kappa shape index (κ3) is 3.46. The smallest absolute Gasteiger partial charge is 0.317 e. The first-order valence-electron chi connectivity index (χ1n) is 4.16. The largest absolute Gasteiger partial charge is 0.431 e. The average molecular weight is 218 g/mol. The molecule has 1 aromatic rings. The van der Waals surface area contributed by atoms with Gasteiger partial charge in [0, 0.05) is 0 Å². The van der Waals surface area contributed by atoms with Crippen LogP contribution in [-0.2, 0) is 6.18 Å². The number of alkyl halides is 3. The van der Waals surface area contributed by atoms with Crippen LogP contribution in [0.1, 0.15) is 25.1 Å². The summed E-state index contributed by atoms with van der Waals surface area (Å²) in [5.41, 5.74) is -2.53. The van der Waals surface area contributed by atoms with Crippen molar-refractivity contribution in [1.82, 2.24) is 4.98 Å². The lowest BCUT2D eigenvalue weighted by atomic mass is 10.2. The molecule has 3 nitrogen and oxygen atoms in total. The third-order valence-electron chi connectivity index (χ3n) is 1.34. The zero-order valence-electron chi connectivity index (χ0n) is 8.14. The van der Waals surface area contributed by atoms with E-state index in [2.05, 4.69) is 0 Å². The molecule has 0 amide bonds. The van der Waals surface area contributed by atoms with Gasteiger partial charge in [0.05, 0.1) is 0 Å². The molecule has 0 saturated heterocycles. The van der Waals surface area contributed by atoms with Crippen molar-refractivity contribution in [2.24, 2.45) is 0 Å². The van der Waals surface area contributed by atoms with Gasteiger partial charge in [0.25, 0.3) is 5.56 Å². The van der Waals surface area contributed by atoms with Crippen molar-refractivity contribution in [2.45, 2.75) is 20.0 Å². The van der Waals surface area contributed by atoms with Crippen molar-refractivity contribution < 1.29 is 13.2 Å². The zero-order chi connectivity index (χ0) is 12.1. The van der Waals surface area contributed by atoms with Gasteiger partial charge in [0.15, 0.2) is 0 Å². The van der Waals surface area contributed by atoms with Crippen molar-refractivity contribution in [2.75, 3.05) is 0 Å². The number of nitrogens with zero attached hydrogens (tertiary/aromatic N) is 1. The van der Waals surface area contributed by atoms with Crippen molar-refractivity contribution >= 4 is 0 Å². The van der Waals surface area contributed by atoms with Gasteiger partial charge in [-0.15, -0.1) is 0 Å². The van der Waals surface area contributed by atoms with Gasteiger partial charge in [0.2, 0.25) is 0 Å². The van der Waals surface area contributed by atoms with Gasteiger partial charge in [-0.3, -0.25) is 4.79 Å². The Morgan fingerprint density at radius 1 is 1.33 bits per heavy atom. The molecular weight excluding hydrogens is 209 g/mol. The molecule has 82 valence electrons. The van der Waals surface area contributed by atoms with E-state index in [1.807, 2.05) is 13.8 Å². The minimum Gasteiger partial charge on any atom is -0.317 e. The second-order valence-electron chi connectivity index (χ2n) is 2.22. The number of nitrogens with one attached hydrogen (secondary N) is 1. The van der Waals surface area contributed by atoms with Gasteiger partial charge in [0.1, 0.15) is 17.3 Å². The molecule has 0 aliphatic rings. The van der Waals surface area contributed by atoms with Crippen molar-refractivity contribution in [3.05, 3.63) is 33.7 Å². The molecule has 0 aromatic carbocycles. The minimum atomic E-state index is -4.59. The second kappa shape index (κ2) is 5.20. The standard InChI is InChI=1S/C7H3F3N2O.C2H6/c8-7(9,10)5-2-1-4(3-11)6(13)12-5;1-2/h1-2H,(H,12,13);1-2H3. The Morgan fingerprint density at radius 3 is 2.20 bits per heavy atom. The summed E-state index contributed by atoms with van der Waals surface area (Å²) in [5.74, 6) is 0. The van der Waals surface area contributed by atoms with E-state index in [0.717, 1.165) is 6.07 Å². The minimum absolute atomic E-state index is 0.340. The number of pyridine rings is 1. The van der Waals surface area contributed by atoms with Gasteiger partial charge in [-0.05, 0) is 12.1 Å². The monoisotopic (exact) mass is 218 g/mol. The van der Waals surface area contributed by atoms with Gasteiger partial charge in [-0.1, -0.05) is 13.8 Å². The van der Waals surface area contributed by atoms with Crippen molar-refractivity contribution in [3.8, 4) is 6.07 Å². The van der Waals surface area contributed by atoms with Crippen LogP contribution in [0.4, 0.5) is 13.2 Å². The summed E-state index contributed by atoms with van der Waals surface area (Å²) in [5, 5.41) is 8.26. The molecule has 0 bridgehead atoms. The number of H-pyrrole nitrogens is 1. The van der Waals surface area contributed by atoms with E-state index >= 15 is 0 Å². The third-order valence-corrected chi connectivity index (χ3v) is 1.34. The predicted octanol–water partition coefficient (Wildman–Crippen LogP) is 2.29. The molecule has 6 heteroatoms. The quantitative estimate of drug-likeness (QED) is 0.726. The molecule has 1 aromatic heterocycles. The molecule has 0 aliphatic carbocycles. The topological polar surface area (TPSA) is 56.6 Å². The van der Waals surface area contributed by atoms with Crippen LogP contribution in [0.15, 0.2) is 16.9 Å². The highest BCUT2D eigenvalue weighted by Gasteiger charge is 2.31. The van der Waals surface area contributed by atoms with Gasteiger partial charge >= 0.3 is 6.18 Å². The Kier molecular flexibility index (Phi) is 4.58. The molecule has 0 saturated carbocycles. The maximum atomic E-state index is 12.0. The number of hydrogen-bond acceptors (Lipinski definition) is 2. The Labute approximate surface area is 84.2 Å². The number of rotatable bonds is 0.